The van der Waals surface area contributed by atoms with Crippen LogP contribution in [0.2, 0.25) is 0 Å². The van der Waals surface area contributed by atoms with Crippen molar-refractivity contribution in [3.63, 3.8) is 0 Å². The maximum absolute atomic E-state index is 11.9. The average molecular weight is 396 g/mol. The van der Waals surface area contributed by atoms with Crippen molar-refractivity contribution < 1.29 is 14.3 Å². The predicted molar refractivity (Wildman–Crippen MR) is 112 cm³/mol. The summed E-state index contributed by atoms with van der Waals surface area (Å²) in [6.45, 7) is 4.79. The second-order valence-electron chi connectivity index (χ2n) is 7.42. The Balaban J connectivity index is 1.34. The van der Waals surface area contributed by atoms with Crippen molar-refractivity contribution in [3.05, 3.63) is 36.3 Å². The van der Waals surface area contributed by atoms with Crippen molar-refractivity contribution in [1.29, 1.82) is 0 Å². The monoisotopic (exact) mass is 396 g/mol. The van der Waals surface area contributed by atoms with Gasteiger partial charge in [-0.25, -0.2) is 9.78 Å². The van der Waals surface area contributed by atoms with Gasteiger partial charge in [0.2, 0.25) is 0 Å². The van der Waals surface area contributed by atoms with Gasteiger partial charge in [-0.3, -0.25) is 4.98 Å². The molecule has 7 heteroatoms. The van der Waals surface area contributed by atoms with Crippen molar-refractivity contribution in [2.24, 2.45) is 0 Å². The molecule has 1 fully saturated rings. The summed E-state index contributed by atoms with van der Waals surface area (Å²) in [6, 6.07) is 8.35. The average Bonchev–Trinajstić information content (AvgIpc) is 3.12. The van der Waals surface area contributed by atoms with Crippen LogP contribution in [0.4, 0.5) is 4.79 Å². The van der Waals surface area contributed by atoms with Gasteiger partial charge in [-0.2, -0.15) is 0 Å². The van der Waals surface area contributed by atoms with Gasteiger partial charge >= 0.3 is 6.09 Å². The predicted octanol–water partition coefficient (Wildman–Crippen LogP) is 3.83. The number of rotatable bonds is 7. The van der Waals surface area contributed by atoms with E-state index in [1.165, 1.54) is 0 Å². The third-order valence-corrected chi connectivity index (χ3v) is 5.43. The largest absolute Gasteiger partial charge is 0.450 e. The summed E-state index contributed by atoms with van der Waals surface area (Å²) in [6.07, 6.45) is 5.84. The lowest BCUT2D eigenvalue weighted by Gasteiger charge is -2.22. The van der Waals surface area contributed by atoms with Crippen LogP contribution >= 0.6 is 0 Å². The standard InChI is InChI=1S/C22H28N4O3/c1-2-20-25-19-15-23-18-8-4-3-7-17(18)21(19)26(20)11-5-6-12-29-22(27)24-16-9-13-28-14-10-16/h3-4,7-8,15-16H,2,5-6,9-14H2,1H3,(H,24,27). The number of alkyl carbamates (subject to hydrolysis) is 1. The first-order valence-electron chi connectivity index (χ1n) is 10.5. The van der Waals surface area contributed by atoms with E-state index in [1.807, 2.05) is 24.4 Å². The molecule has 0 radical (unpaired) electrons. The van der Waals surface area contributed by atoms with Crippen LogP contribution in [0, 0.1) is 0 Å². The van der Waals surface area contributed by atoms with Gasteiger partial charge in [0, 0.05) is 37.6 Å². The molecule has 29 heavy (non-hydrogen) atoms. The van der Waals surface area contributed by atoms with Gasteiger partial charge in [-0.1, -0.05) is 25.1 Å². The minimum Gasteiger partial charge on any atom is -0.450 e. The van der Waals surface area contributed by atoms with Crippen molar-refractivity contribution in [1.82, 2.24) is 19.9 Å². The topological polar surface area (TPSA) is 78.3 Å². The zero-order valence-electron chi connectivity index (χ0n) is 16.9. The molecule has 2 aromatic heterocycles. The number of ether oxygens (including phenoxy) is 2. The molecule has 154 valence electrons. The molecule has 3 aromatic rings. The Labute approximate surface area is 170 Å². The Morgan fingerprint density at radius 2 is 2.07 bits per heavy atom. The fourth-order valence-electron chi connectivity index (χ4n) is 3.91. The lowest BCUT2D eigenvalue weighted by molar-refractivity contribution is 0.0732. The molecule has 4 rings (SSSR count). The Hall–Kier alpha value is -2.67. The summed E-state index contributed by atoms with van der Waals surface area (Å²) < 4.78 is 12.9. The second kappa shape index (κ2) is 9.22. The molecule has 1 saturated heterocycles. The van der Waals surface area contributed by atoms with Crippen molar-refractivity contribution in [3.8, 4) is 0 Å². The van der Waals surface area contributed by atoms with E-state index in [4.69, 9.17) is 14.5 Å². The lowest BCUT2D eigenvalue weighted by Crippen LogP contribution is -2.39. The molecule has 0 aliphatic carbocycles. The molecular weight excluding hydrogens is 368 g/mol. The zero-order valence-corrected chi connectivity index (χ0v) is 16.9. The fourth-order valence-corrected chi connectivity index (χ4v) is 3.91. The van der Waals surface area contributed by atoms with Crippen molar-refractivity contribution in [2.45, 2.75) is 51.6 Å². The van der Waals surface area contributed by atoms with E-state index in [9.17, 15) is 4.79 Å². The zero-order chi connectivity index (χ0) is 20.1. The van der Waals surface area contributed by atoms with Crippen molar-refractivity contribution >= 4 is 28.0 Å². The molecular formula is C22H28N4O3. The normalized spacial score (nSPS) is 15.1. The first-order chi connectivity index (χ1) is 14.3. The van der Waals surface area contributed by atoms with Crippen LogP contribution in [0.5, 0.6) is 0 Å². The third-order valence-electron chi connectivity index (χ3n) is 5.43. The number of carbonyl (C=O) groups is 1. The highest BCUT2D eigenvalue weighted by Gasteiger charge is 2.17. The summed E-state index contributed by atoms with van der Waals surface area (Å²) in [5.74, 6) is 1.07. The number of amides is 1. The van der Waals surface area contributed by atoms with Crippen LogP contribution in [0.15, 0.2) is 30.5 Å². The SMILES string of the molecule is CCc1nc2cnc3ccccc3c2n1CCCCOC(=O)NC1CCOCC1. The number of nitrogens with zero attached hydrogens (tertiary/aromatic N) is 3. The van der Waals surface area contributed by atoms with E-state index in [1.54, 1.807) is 0 Å². The molecule has 0 bridgehead atoms. The number of nitrogens with one attached hydrogen (secondary N) is 1. The second-order valence-corrected chi connectivity index (χ2v) is 7.42. The number of imidazole rings is 1. The van der Waals surface area contributed by atoms with E-state index < -0.39 is 0 Å². The molecule has 7 nitrogen and oxygen atoms in total. The van der Waals surface area contributed by atoms with Gasteiger partial charge in [0.15, 0.2) is 0 Å². The summed E-state index contributed by atoms with van der Waals surface area (Å²) >= 11 is 0. The number of hydrogen-bond acceptors (Lipinski definition) is 5. The Bertz CT molecular complexity index is 979. The number of aryl methyl sites for hydroxylation is 2. The Morgan fingerprint density at radius 3 is 2.90 bits per heavy atom. The molecule has 1 aliphatic heterocycles. The van der Waals surface area contributed by atoms with Crippen LogP contribution in [-0.4, -0.2) is 46.5 Å². The highest BCUT2D eigenvalue weighted by molar-refractivity contribution is 6.02. The van der Waals surface area contributed by atoms with Crippen LogP contribution in [0.3, 0.4) is 0 Å². The van der Waals surface area contributed by atoms with Crippen LogP contribution in [-0.2, 0) is 22.4 Å². The molecule has 0 saturated carbocycles. The van der Waals surface area contributed by atoms with Gasteiger partial charge in [0.25, 0.3) is 0 Å². The molecule has 1 N–H and O–H groups in total. The maximum Gasteiger partial charge on any atom is 0.407 e. The number of fused-ring (bicyclic) bond motifs is 3. The van der Waals surface area contributed by atoms with Crippen LogP contribution in [0.25, 0.3) is 21.9 Å². The summed E-state index contributed by atoms with van der Waals surface area (Å²) in [5.41, 5.74) is 3.06. The van der Waals surface area contributed by atoms with Gasteiger partial charge in [0.1, 0.15) is 11.3 Å². The van der Waals surface area contributed by atoms with E-state index in [-0.39, 0.29) is 12.1 Å². The number of benzene rings is 1. The number of hydrogen-bond donors (Lipinski definition) is 1. The number of unbranched alkanes of at least 4 members (excludes halogenated alkanes) is 1. The summed E-state index contributed by atoms with van der Waals surface area (Å²) in [5, 5.41) is 4.05. The Morgan fingerprint density at radius 1 is 1.24 bits per heavy atom. The Kier molecular flexibility index (Phi) is 6.24. The number of carbonyl (C=O) groups excluding carboxylic acids is 1. The molecule has 0 unspecified atom stereocenters. The molecule has 1 aliphatic rings. The molecule has 1 aromatic carbocycles. The van der Waals surface area contributed by atoms with E-state index in [2.05, 4.69) is 27.9 Å². The number of para-hydroxylation sites is 1. The fraction of sp³-hybridized carbons (Fsp3) is 0.500. The number of aromatic nitrogens is 3. The smallest absolute Gasteiger partial charge is 0.407 e. The first kappa shape index (κ1) is 19.6. The van der Waals surface area contributed by atoms with Gasteiger partial charge in [0.05, 0.1) is 23.8 Å². The first-order valence-corrected chi connectivity index (χ1v) is 10.5. The number of pyridine rings is 1. The highest BCUT2D eigenvalue weighted by atomic mass is 16.5. The summed E-state index contributed by atoms with van der Waals surface area (Å²) in [7, 11) is 0. The molecule has 0 spiro atoms. The maximum atomic E-state index is 11.9. The quantitative estimate of drug-likeness (QED) is 0.614. The molecule has 3 heterocycles. The minimum absolute atomic E-state index is 0.169. The highest BCUT2D eigenvalue weighted by Crippen LogP contribution is 2.25. The summed E-state index contributed by atoms with van der Waals surface area (Å²) in [4.78, 5) is 21.2. The van der Waals surface area contributed by atoms with E-state index >= 15 is 0 Å². The third kappa shape index (κ3) is 4.50. The molecule has 0 atom stereocenters. The van der Waals surface area contributed by atoms with Crippen molar-refractivity contribution in [2.75, 3.05) is 19.8 Å². The van der Waals surface area contributed by atoms with Crippen LogP contribution in [0.1, 0.15) is 38.4 Å². The van der Waals surface area contributed by atoms with Gasteiger partial charge in [-0.15, -0.1) is 0 Å². The van der Waals surface area contributed by atoms with E-state index in [0.717, 1.165) is 66.4 Å². The van der Waals surface area contributed by atoms with Gasteiger partial charge < -0.3 is 19.4 Å². The van der Waals surface area contributed by atoms with Gasteiger partial charge in [-0.05, 0) is 31.7 Å². The van der Waals surface area contributed by atoms with E-state index in [0.29, 0.717) is 19.8 Å². The minimum atomic E-state index is -0.323. The lowest BCUT2D eigenvalue weighted by atomic mass is 10.1. The molecule has 1 amide bonds. The van der Waals surface area contributed by atoms with Crippen LogP contribution < -0.4 is 5.32 Å².